The molecule has 1 aromatic heterocycles. The number of amides is 1. The SMILES string of the molecule is COC(=O)c1cccc(-c2ccc(CNC=O)c3cnccc23)c1. The van der Waals surface area contributed by atoms with Crippen LogP contribution in [0, 0.1) is 0 Å². The lowest BCUT2D eigenvalue weighted by molar-refractivity contribution is -0.109. The normalized spacial score (nSPS) is 10.4. The van der Waals surface area contributed by atoms with Crippen molar-refractivity contribution in [2.75, 3.05) is 7.11 Å². The monoisotopic (exact) mass is 320 g/mol. The Kier molecular flexibility index (Phi) is 4.52. The molecule has 5 heteroatoms. The van der Waals surface area contributed by atoms with E-state index in [4.69, 9.17) is 4.74 Å². The lowest BCUT2D eigenvalue weighted by atomic mass is 9.95. The van der Waals surface area contributed by atoms with Crippen LogP contribution in [0.1, 0.15) is 15.9 Å². The van der Waals surface area contributed by atoms with Gasteiger partial charge in [-0.25, -0.2) is 4.79 Å². The molecular formula is C19H16N2O3. The molecule has 0 radical (unpaired) electrons. The molecule has 120 valence electrons. The number of rotatable bonds is 5. The summed E-state index contributed by atoms with van der Waals surface area (Å²) in [6.45, 7) is 0.439. The summed E-state index contributed by atoms with van der Waals surface area (Å²) in [6, 6.07) is 13.2. The molecule has 3 rings (SSSR count). The molecule has 0 saturated carbocycles. The summed E-state index contributed by atoms with van der Waals surface area (Å²) in [7, 11) is 1.37. The van der Waals surface area contributed by atoms with Crippen LogP contribution in [0.4, 0.5) is 0 Å². The smallest absolute Gasteiger partial charge is 0.337 e. The molecule has 0 unspecified atom stereocenters. The molecular weight excluding hydrogens is 304 g/mol. The summed E-state index contributed by atoms with van der Waals surface area (Å²) in [5, 5.41) is 4.65. The first-order chi connectivity index (χ1) is 11.7. The number of carbonyl (C=O) groups excluding carboxylic acids is 2. The summed E-state index contributed by atoms with van der Waals surface area (Å²) >= 11 is 0. The minimum Gasteiger partial charge on any atom is -0.465 e. The highest BCUT2D eigenvalue weighted by atomic mass is 16.5. The van der Waals surface area contributed by atoms with Gasteiger partial charge in [0.2, 0.25) is 6.41 Å². The molecule has 0 aliphatic carbocycles. The second-order valence-corrected chi connectivity index (χ2v) is 5.26. The van der Waals surface area contributed by atoms with Gasteiger partial charge in [-0.2, -0.15) is 0 Å². The van der Waals surface area contributed by atoms with E-state index in [0.29, 0.717) is 18.5 Å². The van der Waals surface area contributed by atoms with Crippen LogP contribution in [0.15, 0.2) is 54.9 Å². The number of benzene rings is 2. The van der Waals surface area contributed by atoms with Crippen molar-refractivity contribution < 1.29 is 14.3 Å². The molecule has 0 atom stereocenters. The maximum absolute atomic E-state index is 11.8. The maximum atomic E-state index is 11.8. The van der Waals surface area contributed by atoms with Crippen LogP contribution >= 0.6 is 0 Å². The zero-order valence-electron chi connectivity index (χ0n) is 13.2. The third-order valence-corrected chi connectivity index (χ3v) is 3.88. The fourth-order valence-electron chi connectivity index (χ4n) is 2.74. The molecule has 0 spiro atoms. The van der Waals surface area contributed by atoms with E-state index in [1.165, 1.54) is 7.11 Å². The molecule has 2 aromatic carbocycles. The van der Waals surface area contributed by atoms with E-state index in [-0.39, 0.29) is 5.97 Å². The van der Waals surface area contributed by atoms with E-state index >= 15 is 0 Å². The average Bonchev–Trinajstić information content (AvgIpc) is 2.65. The van der Waals surface area contributed by atoms with Gasteiger partial charge in [-0.1, -0.05) is 24.3 Å². The van der Waals surface area contributed by atoms with Crippen LogP contribution in [0.25, 0.3) is 21.9 Å². The van der Waals surface area contributed by atoms with E-state index < -0.39 is 0 Å². The van der Waals surface area contributed by atoms with Crippen molar-refractivity contribution in [2.24, 2.45) is 0 Å². The highest BCUT2D eigenvalue weighted by Crippen LogP contribution is 2.31. The Labute approximate surface area is 139 Å². The van der Waals surface area contributed by atoms with Crippen molar-refractivity contribution in [2.45, 2.75) is 6.54 Å². The molecule has 0 fully saturated rings. The molecule has 0 bridgehead atoms. The van der Waals surface area contributed by atoms with Crippen LogP contribution < -0.4 is 5.32 Å². The van der Waals surface area contributed by atoms with E-state index in [1.54, 1.807) is 18.5 Å². The Morgan fingerprint density at radius 1 is 1.21 bits per heavy atom. The Hall–Kier alpha value is -3.21. The fraction of sp³-hybridized carbons (Fsp3) is 0.105. The second kappa shape index (κ2) is 6.91. The maximum Gasteiger partial charge on any atom is 0.337 e. The van der Waals surface area contributed by atoms with Crippen LogP contribution in [0.5, 0.6) is 0 Å². The fourth-order valence-corrected chi connectivity index (χ4v) is 2.74. The largest absolute Gasteiger partial charge is 0.465 e. The van der Waals surface area contributed by atoms with Gasteiger partial charge >= 0.3 is 5.97 Å². The number of pyridine rings is 1. The topological polar surface area (TPSA) is 68.3 Å². The van der Waals surface area contributed by atoms with Gasteiger partial charge in [0.25, 0.3) is 0 Å². The summed E-state index contributed by atoms with van der Waals surface area (Å²) < 4.78 is 4.79. The number of aromatic nitrogens is 1. The summed E-state index contributed by atoms with van der Waals surface area (Å²) in [4.78, 5) is 26.5. The number of ether oxygens (including phenoxy) is 1. The Balaban J connectivity index is 2.14. The van der Waals surface area contributed by atoms with Crippen LogP contribution in [-0.2, 0) is 16.1 Å². The predicted molar refractivity (Wildman–Crippen MR) is 91.4 cm³/mol. The Bertz CT molecular complexity index is 906. The van der Waals surface area contributed by atoms with Gasteiger partial charge in [0, 0.05) is 24.3 Å². The molecule has 0 saturated heterocycles. The first-order valence-corrected chi connectivity index (χ1v) is 7.46. The van der Waals surface area contributed by atoms with E-state index in [0.717, 1.165) is 27.5 Å². The quantitative estimate of drug-likeness (QED) is 0.580. The van der Waals surface area contributed by atoms with Crippen molar-refractivity contribution in [1.29, 1.82) is 0 Å². The third-order valence-electron chi connectivity index (χ3n) is 3.88. The van der Waals surface area contributed by atoms with Gasteiger partial charge in [-0.05, 0) is 40.3 Å². The van der Waals surface area contributed by atoms with Gasteiger partial charge in [0.15, 0.2) is 0 Å². The third kappa shape index (κ3) is 2.96. The van der Waals surface area contributed by atoms with Gasteiger partial charge in [0.1, 0.15) is 0 Å². The molecule has 5 nitrogen and oxygen atoms in total. The van der Waals surface area contributed by atoms with Crippen LogP contribution in [0.2, 0.25) is 0 Å². The zero-order chi connectivity index (χ0) is 16.9. The van der Waals surface area contributed by atoms with E-state index in [9.17, 15) is 9.59 Å². The highest BCUT2D eigenvalue weighted by molar-refractivity contribution is 5.99. The molecule has 1 amide bonds. The van der Waals surface area contributed by atoms with Gasteiger partial charge in [-0.3, -0.25) is 9.78 Å². The molecule has 3 aromatic rings. The highest BCUT2D eigenvalue weighted by Gasteiger charge is 2.11. The lowest BCUT2D eigenvalue weighted by Gasteiger charge is -2.11. The van der Waals surface area contributed by atoms with Crippen molar-refractivity contribution in [3.63, 3.8) is 0 Å². The van der Waals surface area contributed by atoms with Gasteiger partial charge in [-0.15, -0.1) is 0 Å². The Morgan fingerprint density at radius 2 is 2.08 bits per heavy atom. The van der Waals surface area contributed by atoms with Crippen LogP contribution in [-0.4, -0.2) is 24.5 Å². The van der Waals surface area contributed by atoms with Crippen LogP contribution in [0.3, 0.4) is 0 Å². The number of nitrogens with zero attached hydrogens (tertiary/aromatic N) is 1. The summed E-state index contributed by atoms with van der Waals surface area (Å²) in [5.41, 5.74) is 3.40. The number of esters is 1. The zero-order valence-corrected chi connectivity index (χ0v) is 13.2. The van der Waals surface area contributed by atoms with Crippen molar-refractivity contribution in [3.8, 4) is 11.1 Å². The summed E-state index contributed by atoms with van der Waals surface area (Å²) in [6.07, 6.45) is 4.19. The van der Waals surface area contributed by atoms with E-state index in [1.807, 2.05) is 36.4 Å². The van der Waals surface area contributed by atoms with Crippen molar-refractivity contribution in [1.82, 2.24) is 10.3 Å². The molecule has 0 aliphatic heterocycles. The Morgan fingerprint density at radius 3 is 2.88 bits per heavy atom. The predicted octanol–water partition coefficient (Wildman–Crippen LogP) is 2.93. The molecule has 1 heterocycles. The first kappa shape index (κ1) is 15.7. The average molecular weight is 320 g/mol. The lowest BCUT2D eigenvalue weighted by Crippen LogP contribution is -2.10. The van der Waals surface area contributed by atoms with Crippen molar-refractivity contribution >= 4 is 23.2 Å². The second-order valence-electron chi connectivity index (χ2n) is 5.26. The standard InChI is InChI=1S/C19H16N2O3/c1-24-19(23)14-4-2-3-13(9-14)16-6-5-15(10-21-12-22)18-11-20-8-7-17(16)18/h2-9,11-12H,10H2,1H3,(H,21,22). The molecule has 1 N–H and O–H groups in total. The minimum atomic E-state index is -0.366. The number of fused-ring (bicyclic) bond motifs is 1. The number of nitrogens with one attached hydrogen (secondary N) is 1. The first-order valence-electron chi connectivity index (χ1n) is 7.46. The number of hydrogen-bond donors (Lipinski definition) is 1. The molecule has 24 heavy (non-hydrogen) atoms. The number of carbonyl (C=O) groups is 2. The number of hydrogen-bond acceptors (Lipinski definition) is 4. The molecule has 0 aliphatic rings. The van der Waals surface area contributed by atoms with Crippen molar-refractivity contribution in [3.05, 3.63) is 66.0 Å². The minimum absolute atomic E-state index is 0.366. The van der Waals surface area contributed by atoms with Gasteiger partial charge < -0.3 is 10.1 Å². The summed E-state index contributed by atoms with van der Waals surface area (Å²) in [5.74, 6) is -0.366. The van der Waals surface area contributed by atoms with E-state index in [2.05, 4.69) is 10.3 Å². The number of methoxy groups -OCH3 is 1. The van der Waals surface area contributed by atoms with Gasteiger partial charge in [0.05, 0.1) is 12.7 Å².